The number of thioether (sulfide) groups is 1. The highest BCUT2D eigenvalue weighted by Gasteiger charge is 2.28. The molecule has 3 rings (SSSR count). The second kappa shape index (κ2) is 13.0. The van der Waals surface area contributed by atoms with Gasteiger partial charge in [-0.05, 0) is 32.6 Å². The Hall–Kier alpha value is -2.27. The average molecular weight is 512 g/mol. The van der Waals surface area contributed by atoms with Crippen LogP contribution in [0.1, 0.15) is 46.0 Å². The van der Waals surface area contributed by atoms with E-state index in [0.29, 0.717) is 55.3 Å². The average Bonchev–Trinajstić information content (AvgIpc) is 3.01. The molecule has 0 aliphatic carbocycles. The minimum atomic E-state index is -0.497. The maximum absolute atomic E-state index is 12.4. The van der Waals surface area contributed by atoms with Gasteiger partial charge in [0.25, 0.3) is 0 Å². The smallest absolute Gasteiger partial charge is 0.317 e. The first-order valence-electron chi connectivity index (χ1n) is 11.9. The Bertz CT molecular complexity index is 875. The van der Waals surface area contributed by atoms with Gasteiger partial charge in [-0.3, -0.25) is 9.59 Å². The van der Waals surface area contributed by atoms with Crippen molar-refractivity contribution in [3.05, 3.63) is 11.2 Å². The molecule has 3 heterocycles. The lowest BCUT2D eigenvalue weighted by molar-refractivity contribution is -0.127. The van der Waals surface area contributed by atoms with Gasteiger partial charge in [-0.25, -0.2) is 14.8 Å². The summed E-state index contributed by atoms with van der Waals surface area (Å²) < 4.78 is 0. The number of urea groups is 1. The van der Waals surface area contributed by atoms with Crippen molar-refractivity contribution in [2.45, 2.75) is 63.2 Å². The van der Waals surface area contributed by atoms with Gasteiger partial charge in [-0.1, -0.05) is 36.7 Å². The number of amides is 4. The molecular formula is C22H34ClN7O3S. The van der Waals surface area contributed by atoms with Crippen LogP contribution in [0.2, 0.25) is 5.15 Å². The highest BCUT2D eigenvalue weighted by atomic mass is 35.5. The van der Waals surface area contributed by atoms with Gasteiger partial charge in [0, 0.05) is 44.8 Å². The van der Waals surface area contributed by atoms with Crippen molar-refractivity contribution in [1.29, 1.82) is 0 Å². The molecule has 2 fully saturated rings. The van der Waals surface area contributed by atoms with Crippen LogP contribution < -0.4 is 20.9 Å². The summed E-state index contributed by atoms with van der Waals surface area (Å²) in [6.07, 6.45) is 4.45. The zero-order valence-electron chi connectivity index (χ0n) is 19.8. The van der Waals surface area contributed by atoms with E-state index in [2.05, 4.69) is 37.7 Å². The number of piperazine rings is 1. The molecule has 0 saturated carbocycles. The fourth-order valence-corrected chi connectivity index (χ4v) is 4.89. The number of carbonyl (C=O) groups is 3. The number of rotatable bonds is 8. The molecule has 12 heteroatoms. The zero-order valence-corrected chi connectivity index (χ0v) is 21.4. The number of hydrogen-bond acceptors (Lipinski definition) is 7. The number of hydrogen-bond donors (Lipinski definition) is 3. The van der Waals surface area contributed by atoms with E-state index in [1.807, 2.05) is 11.8 Å². The van der Waals surface area contributed by atoms with Crippen molar-refractivity contribution in [1.82, 2.24) is 30.8 Å². The molecule has 0 bridgehead atoms. The normalized spacial score (nSPS) is 21.0. The first-order chi connectivity index (χ1) is 16.4. The number of aromatic nitrogens is 2. The highest BCUT2D eigenvalue weighted by molar-refractivity contribution is 7.99. The standard InChI is InChI=1S/C22H34ClN7O3S/c1-3-4-8-25-22(33)30-11-10-29(13-15(30)2)18-12-17(23)27-21(28-18)34-14-19(31)26-16-7-5-6-9-24-20(16)32/h12,15-16H,3-11,13-14H2,1-2H3,(H,24,32)(H,25,33)(H,26,31). The van der Waals surface area contributed by atoms with Crippen molar-refractivity contribution in [3.8, 4) is 0 Å². The maximum atomic E-state index is 12.4. The lowest BCUT2D eigenvalue weighted by Gasteiger charge is -2.40. The summed E-state index contributed by atoms with van der Waals surface area (Å²) >= 11 is 7.43. The molecule has 10 nitrogen and oxygen atoms in total. The molecular weight excluding hydrogens is 478 g/mol. The number of nitrogens with zero attached hydrogens (tertiary/aromatic N) is 4. The number of carbonyl (C=O) groups excluding carboxylic acids is 3. The molecule has 4 amide bonds. The van der Waals surface area contributed by atoms with Crippen LogP contribution >= 0.6 is 23.4 Å². The Morgan fingerprint density at radius 1 is 1.29 bits per heavy atom. The number of anilines is 1. The quantitative estimate of drug-likeness (QED) is 0.211. The lowest BCUT2D eigenvalue weighted by Crippen LogP contribution is -2.56. The van der Waals surface area contributed by atoms with Crippen LogP contribution in [0.3, 0.4) is 0 Å². The minimum absolute atomic E-state index is 0.0109. The van der Waals surface area contributed by atoms with Crippen LogP contribution in [0.15, 0.2) is 11.2 Å². The summed E-state index contributed by atoms with van der Waals surface area (Å²) in [4.78, 5) is 49.6. The van der Waals surface area contributed by atoms with Crippen LogP contribution in [0, 0.1) is 0 Å². The Balaban J connectivity index is 1.54. The fraction of sp³-hybridized carbons (Fsp3) is 0.682. The minimum Gasteiger partial charge on any atom is -0.354 e. The lowest BCUT2D eigenvalue weighted by atomic mass is 10.1. The Kier molecular flexibility index (Phi) is 10.1. The molecule has 2 aliphatic rings. The van der Waals surface area contributed by atoms with E-state index in [9.17, 15) is 14.4 Å². The number of nitrogens with one attached hydrogen (secondary N) is 3. The molecule has 3 N–H and O–H groups in total. The predicted octanol–water partition coefficient (Wildman–Crippen LogP) is 2.03. The summed E-state index contributed by atoms with van der Waals surface area (Å²) in [5.74, 6) is 0.382. The van der Waals surface area contributed by atoms with Crippen LogP contribution in [0.5, 0.6) is 0 Å². The van der Waals surface area contributed by atoms with Crippen LogP contribution in [-0.2, 0) is 9.59 Å². The molecule has 0 aromatic carbocycles. The summed E-state index contributed by atoms with van der Waals surface area (Å²) in [7, 11) is 0. The summed E-state index contributed by atoms with van der Waals surface area (Å²) in [6, 6.07) is 1.18. The van der Waals surface area contributed by atoms with Crippen LogP contribution in [-0.4, -0.2) is 83.3 Å². The summed E-state index contributed by atoms with van der Waals surface area (Å²) in [5, 5.41) is 9.28. The molecule has 34 heavy (non-hydrogen) atoms. The molecule has 188 valence electrons. The summed E-state index contributed by atoms with van der Waals surface area (Å²) in [5.41, 5.74) is 0. The van der Waals surface area contributed by atoms with Gasteiger partial charge < -0.3 is 25.8 Å². The zero-order chi connectivity index (χ0) is 24.5. The van der Waals surface area contributed by atoms with Crippen molar-refractivity contribution in [2.24, 2.45) is 0 Å². The molecule has 2 aliphatic heterocycles. The summed E-state index contributed by atoms with van der Waals surface area (Å²) in [6.45, 7) is 7.26. The molecule has 0 spiro atoms. The predicted molar refractivity (Wildman–Crippen MR) is 133 cm³/mol. The van der Waals surface area contributed by atoms with E-state index in [4.69, 9.17) is 11.6 Å². The van der Waals surface area contributed by atoms with E-state index in [1.165, 1.54) is 11.8 Å². The third kappa shape index (κ3) is 7.63. The van der Waals surface area contributed by atoms with E-state index in [-0.39, 0.29) is 29.6 Å². The van der Waals surface area contributed by atoms with Gasteiger partial charge >= 0.3 is 6.03 Å². The van der Waals surface area contributed by atoms with Gasteiger partial charge in [0.1, 0.15) is 17.0 Å². The van der Waals surface area contributed by atoms with Crippen molar-refractivity contribution < 1.29 is 14.4 Å². The van der Waals surface area contributed by atoms with Crippen LogP contribution in [0.4, 0.5) is 10.6 Å². The Morgan fingerprint density at radius 2 is 2.12 bits per heavy atom. The second-order valence-electron chi connectivity index (χ2n) is 8.60. The van der Waals surface area contributed by atoms with Gasteiger partial charge in [-0.15, -0.1) is 0 Å². The molecule has 2 atom stereocenters. The van der Waals surface area contributed by atoms with E-state index >= 15 is 0 Å². The van der Waals surface area contributed by atoms with E-state index in [1.54, 1.807) is 6.07 Å². The first kappa shape index (κ1) is 26.3. The fourth-order valence-electron chi connectivity index (χ4n) is 4.00. The molecule has 2 saturated heterocycles. The van der Waals surface area contributed by atoms with Gasteiger partial charge in [0.15, 0.2) is 5.16 Å². The van der Waals surface area contributed by atoms with Crippen molar-refractivity contribution in [2.75, 3.05) is 43.4 Å². The maximum Gasteiger partial charge on any atom is 0.317 e. The monoisotopic (exact) mass is 511 g/mol. The van der Waals surface area contributed by atoms with Gasteiger partial charge in [0.2, 0.25) is 11.8 Å². The Labute approximate surface area is 210 Å². The first-order valence-corrected chi connectivity index (χ1v) is 13.3. The third-order valence-electron chi connectivity index (χ3n) is 5.88. The van der Waals surface area contributed by atoms with Crippen molar-refractivity contribution in [3.63, 3.8) is 0 Å². The highest BCUT2D eigenvalue weighted by Crippen LogP contribution is 2.24. The topological polar surface area (TPSA) is 120 Å². The molecule has 0 radical (unpaired) electrons. The Morgan fingerprint density at radius 3 is 2.88 bits per heavy atom. The molecule has 2 unspecified atom stereocenters. The third-order valence-corrected chi connectivity index (χ3v) is 6.92. The van der Waals surface area contributed by atoms with E-state index in [0.717, 1.165) is 25.7 Å². The largest absolute Gasteiger partial charge is 0.354 e. The SMILES string of the molecule is CCCCNC(=O)N1CCN(c2cc(Cl)nc(SCC(=O)NC3CCCCNC3=O)n2)CC1C. The van der Waals surface area contributed by atoms with Gasteiger partial charge in [-0.2, -0.15) is 0 Å². The van der Waals surface area contributed by atoms with Crippen molar-refractivity contribution >= 4 is 47.0 Å². The van der Waals surface area contributed by atoms with Crippen LogP contribution in [0.25, 0.3) is 0 Å². The molecule has 1 aromatic rings. The molecule has 1 aromatic heterocycles. The second-order valence-corrected chi connectivity index (χ2v) is 9.93. The van der Waals surface area contributed by atoms with E-state index < -0.39 is 6.04 Å². The number of halogens is 1. The van der Waals surface area contributed by atoms with Gasteiger partial charge in [0.05, 0.1) is 5.75 Å². The number of unbranched alkanes of at least 4 members (excludes halogenated alkanes) is 1.